The van der Waals surface area contributed by atoms with Gasteiger partial charge in [-0.1, -0.05) is 0 Å². The summed E-state index contributed by atoms with van der Waals surface area (Å²) in [6.45, 7) is 3.53. The van der Waals surface area contributed by atoms with E-state index in [1.54, 1.807) is 13.0 Å². The lowest BCUT2D eigenvalue weighted by Gasteiger charge is -2.13. The van der Waals surface area contributed by atoms with Crippen molar-refractivity contribution in [2.24, 2.45) is 0 Å². The van der Waals surface area contributed by atoms with Gasteiger partial charge in [0, 0.05) is 6.26 Å². The molecule has 0 fully saturated rings. The van der Waals surface area contributed by atoms with Crippen molar-refractivity contribution in [2.45, 2.75) is 18.9 Å². The van der Waals surface area contributed by atoms with Gasteiger partial charge in [-0.2, -0.15) is 0 Å². The molecule has 21 heavy (non-hydrogen) atoms. The van der Waals surface area contributed by atoms with Gasteiger partial charge in [-0.3, -0.25) is 0 Å². The summed E-state index contributed by atoms with van der Waals surface area (Å²) in [5.41, 5.74) is 1.91. The number of aromatic nitrogens is 3. The van der Waals surface area contributed by atoms with Crippen molar-refractivity contribution in [1.29, 1.82) is 0 Å². The molecule has 0 aliphatic carbocycles. The Bertz CT molecular complexity index is 775. The van der Waals surface area contributed by atoms with E-state index in [-0.39, 0.29) is 5.03 Å². The van der Waals surface area contributed by atoms with Gasteiger partial charge in [0.25, 0.3) is 0 Å². The zero-order chi connectivity index (χ0) is 15.6. The Hall–Kier alpha value is -2.22. The highest BCUT2D eigenvalue weighted by Crippen LogP contribution is 2.28. The molecule has 0 unspecified atom stereocenters. The van der Waals surface area contributed by atoms with Crippen LogP contribution in [0.2, 0.25) is 0 Å². The van der Waals surface area contributed by atoms with E-state index in [2.05, 4.69) is 20.3 Å². The number of ether oxygens (including phenoxy) is 1. The summed E-state index contributed by atoms with van der Waals surface area (Å²) in [6.07, 6.45) is 2.55. The Balaban J connectivity index is 2.40. The number of pyridine rings is 1. The number of aryl methyl sites for hydroxylation is 2. The molecule has 1 N–H and O–H groups in total. The number of nitrogens with one attached hydrogen (secondary N) is 1. The Morgan fingerprint density at radius 1 is 1.14 bits per heavy atom. The SMILES string of the molecule is COc1c(C)ncnc1Nc1ccc(S(C)(=O)=O)nc1C. The van der Waals surface area contributed by atoms with Gasteiger partial charge in [0.15, 0.2) is 26.4 Å². The fourth-order valence-corrected chi connectivity index (χ4v) is 2.42. The minimum absolute atomic E-state index is 0.0383. The van der Waals surface area contributed by atoms with Crippen LogP contribution in [0.3, 0.4) is 0 Å². The minimum atomic E-state index is -3.32. The number of hydrogen-bond donors (Lipinski definition) is 1. The lowest BCUT2D eigenvalue weighted by Crippen LogP contribution is -2.05. The maximum atomic E-state index is 11.5. The molecule has 0 aliphatic heterocycles. The first-order chi connectivity index (χ1) is 9.82. The molecule has 0 radical (unpaired) electrons. The number of rotatable bonds is 4. The molecule has 0 spiro atoms. The smallest absolute Gasteiger partial charge is 0.192 e. The molecule has 0 amide bonds. The van der Waals surface area contributed by atoms with Crippen LogP contribution in [0.25, 0.3) is 0 Å². The normalized spacial score (nSPS) is 11.2. The van der Waals surface area contributed by atoms with E-state index in [0.717, 1.165) is 6.26 Å². The second-order valence-electron chi connectivity index (χ2n) is 4.52. The average molecular weight is 308 g/mol. The topological polar surface area (TPSA) is 94.1 Å². The number of anilines is 2. The van der Waals surface area contributed by atoms with Crippen molar-refractivity contribution in [3.05, 3.63) is 29.8 Å². The molecule has 0 saturated heterocycles. The van der Waals surface area contributed by atoms with Crippen LogP contribution in [0, 0.1) is 13.8 Å². The maximum Gasteiger partial charge on any atom is 0.192 e. The van der Waals surface area contributed by atoms with Gasteiger partial charge < -0.3 is 10.1 Å². The molecule has 7 nitrogen and oxygen atoms in total. The Morgan fingerprint density at radius 2 is 1.86 bits per heavy atom. The molecular formula is C13H16N4O3S. The van der Waals surface area contributed by atoms with Crippen LogP contribution in [0.5, 0.6) is 5.75 Å². The van der Waals surface area contributed by atoms with Crippen LogP contribution in [0.4, 0.5) is 11.5 Å². The number of nitrogens with zero attached hydrogens (tertiary/aromatic N) is 3. The molecule has 2 rings (SSSR count). The van der Waals surface area contributed by atoms with Crippen molar-refractivity contribution in [1.82, 2.24) is 15.0 Å². The number of sulfone groups is 1. The predicted octanol–water partition coefficient (Wildman–Crippen LogP) is 1.64. The maximum absolute atomic E-state index is 11.5. The Labute approximate surface area is 123 Å². The average Bonchev–Trinajstić information content (AvgIpc) is 2.40. The summed E-state index contributed by atoms with van der Waals surface area (Å²) < 4.78 is 28.2. The van der Waals surface area contributed by atoms with Crippen LogP contribution >= 0.6 is 0 Å². The van der Waals surface area contributed by atoms with Crippen molar-refractivity contribution in [3.8, 4) is 5.75 Å². The molecule has 2 aromatic rings. The first kappa shape index (κ1) is 15.2. The van der Waals surface area contributed by atoms with E-state index >= 15 is 0 Å². The molecule has 112 valence electrons. The first-order valence-corrected chi connectivity index (χ1v) is 8.02. The molecule has 8 heteroatoms. The van der Waals surface area contributed by atoms with E-state index < -0.39 is 9.84 Å². The second-order valence-corrected chi connectivity index (χ2v) is 6.48. The number of methoxy groups -OCH3 is 1. The fraction of sp³-hybridized carbons (Fsp3) is 0.308. The van der Waals surface area contributed by atoms with Crippen LogP contribution in [-0.2, 0) is 9.84 Å². The molecule has 2 aromatic heterocycles. The highest BCUT2D eigenvalue weighted by Gasteiger charge is 2.13. The van der Waals surface area contributed by atoms with Crippen molar-refractivity contribution in [3.63, 3.8) is 0 Å². The lowest BCUT2D eigenvalue weighted by molar-refractivity contribution is 0.409. The lowest BCUT2D eigenvalue weighted by atomic mass is 10.3. The Morgan fingerprint density at radius 3 is 2.43 bits per heavy atom. The zero-order valence-corrected chi connectivity index (χ0v) is 13.0. The van der Waals surface area contributed by atoms with Gasteiger partial charge in [-0.25, -0.2) is 23.4 Å². The predicted molar refractivity (Wildman–Crippen MR) is 78.7 cm³/mol. The molecule has 0 atom stereocenters. The van der Waals surface area contributed by atoms with Gasteiger partial charge in [0.2, 0.25) is 0 Å². The van der Waals surface area contributed by atoms with Crippen molar-refractivity contribution in [2.75, 3.05) is 18.7 Å². The van der Waals surface area contributed by atoms with E-state index in [4.69, 9.17) is 4.74 Å². The van der Waals surface area contributed by atoms with Crippen molar-refractivity contribution < 1.29 is 13.2 Å². The third kappa shape index (κ3) is 3.27. The van der Waals surface area contributed by atoms with Crippen LogP contribution < -0.4 is 10.1 Å². The third-order valence-electron chi connectivity index (χ3n) is 2.88. The van der Waals surface area contributed by atoms with Gasteiger partial charge in [0.1, 0.15) is 6.33 Å². The molecule has 0 saturated carbocycles. The molecule has 0 bridgehead atoms. The standard InChI is InChI=1S/C13H16N4O3S/c1-8-10(5-6-11(16-8)21(4,18)19)17-13-12(20-3)9(2)14-7-15-13/h5-7H,1-4H3,(H,14,15,17). The fourth-order valence-electron chi connectivity index (χ4n) is 1.80. The molecule has 0 aliphatic rings. The van der Waals surface area contributed by atoms with E-state index in [0.29, 0.717) is 28.6 Å². The summed E-state index contributed by atoms with van der Waals surface area (Å²) >= 11 is 0. The molecule has 2 heterocycles. The van der Waals surface area contributed by atoms with Crippen LogP contribution in [0.1, 0.15) is 11.4 Å². The van der Waals surface area contributed by atoms with E-state index in [1.165, 1.54) is 19.5 Å². The van der Waals surface area contributed by atoms with E-state index in [9.17, 15) is 8.42 Å². The Kier molecular flexibility index (Phi) is 4.08. The minimum Gasteiger partial charge on any atom is -0.491 e. The van der Waals surface area contributed by atoms with Crippen LogP contribution in [-0.4, -0.2) is 36.7 Å². The van der Waals surface area contributed by atoms with Gasteiger partial charge in [-0.05, 0) is 26.0 Å². The monoisotopic (exact) mass is 308 g/mol. The summed E-state index contributed by atoms with van der Waals surface area (Å²) in [6, 6.07) is 3.10. The number of hydrogen-bond acceptors (Lipinski definition) is 7. The van der Waals surface area contributed by atoms with E-state index in [1.807, 2.05) is 6.92 Å². The zero-order valence-electron chi connectivity index (χ0n) is 12.2. The first-order valence-electron chi connectivity index (χ1n) is 6.13. The van der Waals surface area contributed by atoms with Gasteiger partial charge >= 0.3 is 0 Å². The summed E-state index contributed by atoms with van der Waals surface area (Å²) in [4.78, 5) is 12.3. The van der Waals surface area contributed by atoms with Gasteiger partial charge in [-0.15, -0.1) is 0 Å². The second kappa shape index (κ2) is 5.65. The third-order valence-corrected chi connectivity index (χ3v) is 3.87. The highest BCUT2D eigenvalue weighted by atomic mass is 32.2. The highest BCUT2D eigenvalue weighted by molar-refractivity contribution is 7.90. The molecule has 0 aromatic carbocycles. The quantitative estimate of drug-likeness (QED) is 0.917. The van der Waals surface area contributed by atoms with Gasteiger partial charge in [0.05, 0.1) is 24.2 Å². The summed E-state index contributed by atoms with van der Waals surface area (Å²) in [7, 11) is -1.79. The summed E-state index contributed by atoms with van der Waals surface area (Å²) in [5, 5.41) is 3.12. The summed E-state index contributed by atoms with van der Waals surface area (Å²) in [5.74, 6) is 1.03. The largest absolute Gasteiger partial charge is 0.491 e. The van der Waals surface area contributed by atoms with Crippen molar-refractivity contribution >= 4 is 21.3 Å². The molecular weight excluding hydrogens is 292 g/mol. The van der Waals surface area contributed by atoms with Crippen LogP contribution in [0.15, 0.2) is 23.5 Å².